The van der Waals surface area contributed by atoms with Crippen LogP contribution in [-0.4, -0.2) is 27.1 Å². The normalized spacial score (nSPS) is 9.71. The van der Waals surface area contributed by atoms with Gasteiger partial charge in [0.2, 0.25) is 5.88 Å². The fourth-order valence-electron chi connectivity index (χ4n) is 0.867. The Morgan fingerprint density at radius 3 is 2.36 bits per heavy atom. The predicted octanol–water partition coefficient (Wildman–Crippen LogP) is -1.12. The minimum atomic E-state index is -1.47. The third-order valence-electron chi connectivity index (χ3n) is 1.52. The zero-order valence-electron chi connectivity index (χ0n) is 6.77. The van der Waals surface area contributed by atoms with Crippen molar-refractivity contribution >= 4 is 11.9 Å². The average molecular weight is 198 g/mol. The Morgan fingerprint density at radius 2 is 1.93 bits per heavy atom. The predicted molar refractivity (Wildman–Crippen MR) is 44.2 cm³/mol. The van der Waals surface area contributed by atoms with Crippen LogP contribution in [0.3, 0.4) is 0 Å². The van der Waals surface area contributed by atoms with Crippen LogP contribution in [0.25, 0.3) is 0 Å². The SMILES string of the molecule is NC(=O)c1cc(C(=O)O)c(O)[nH]c1=O. The van der Waals surface area contributed by atoms with Gasteiger partial charge in [0.1, 0.15) is 11.1 Å². The summed E-state index contributed by atoms with van der Waals surface area (Å²) in [5.41, 5.74) is 2.77. The summed E-state index contributed by atoms with van der Waals surface area (Å²) in [6, 6.07) is 0.721. The number of amides is 1. The zero-order chi connectivity index (χ0) is 10.9. The number of primary amides is 1. The first kappa shape index (κ1) is 9.78. The van der Waals surface area contributed by atoms with Crippen molar-refractivity contribution in [3.05, 3.63) is 27.5 Å². The number of pyridine rings is 1. The molecule has 0 saturated carbocycles. The number of H-pyrrole nitrogens is 1. The molecule has 1 heterocycles. The van der Waals surface area contributed by atoms with Gasteiger partial charge in [0, 0.05) is 0 Å². The van der Waals surface area contributed by atoms with E-state index in [1.807, 2.05) is 0 Å². The Balaban J connectivity index is 3.50. The number of aromatic nitrogens is 1. The van der Waals surface area contributed by atoms with Crippen molar-refractivity contribution in [2.24, 2.45) is 5.73 Å². The molecule has 0 saturated heterocycles. The van der Waals surface area contributed by atoms with Gasteiger partial charge in [-0.2, -0.15) is 0 Å². The molecule has 0 spiro atoms. The van der Waals surface area contributed by atoms with Crippen LogP contribution in [-0.2, 0) is 0 Å². The summed E-state index contributed by atoms with van der Waals surface area (Å²) in [5, 5.41) is 17.5. The molecule has 0 fully saturated rings. The Kier molecular flexibility index (Phi) is 2.24. The lowest BCUT2D eigenvalue weighted by molar-refractivity contribution is 0.0693. The molecule has 5 N–H and O–H groups in total. The zero-order valence-corrected chi connectivity index (χ0v) is 6.77. The lowest BCUT2D eigenvalue weighted by atomic mass is 10.2. The largest absolute Gasteiger partial charge is 0.494 e. The Bertz CT molecular complexity index is 462. The maximum Gasteiger partial charge on any atom is 0.341 e. The first-order chi connectivity index (χ1) is 6.43. The number of aromatic carboxylic acids is 1. The van der Waals surface area contributed by atoms with Crippen molar-refractivity contribution in [1.82, 2.24) is 4.98 Å². The van der Waals surface area contributed by atoms with Crippen molar-refractivity contribution in [3.63, 3.8) is 0 Å². The molecule has 0 bridgehead atoms. The smallest absolute Gasteiger partial charge is 0.341 e. The van der Waals surface area contributed by atoms with Gasteiger partial charge in [0.25, 0.3) is 11.5 Å². The number of carbonyl (C=O) groups is 2. The number of nitrogens with one attached hydrogen (secondary N) is 1. The summed E-state index contributed by atoms with van der Waals surface area (Å²) < 4.78 is 0. The highest BCUT2D eigenvalue weighted by Gasteiger charge is 2.16. The first-order valence-electron chi connectivity index (χ1n) is 3.43. The summed E-state index contributed by atoms with van der Waals surface area (Å²) in [7, 11) is 0. The molecule has 0 unspecified atom stereocenters. The van der Waals surface area contributed by atoms with Crippen molar-refractivity contribution in [2.75, 3.05) is 0 Å². The second kappa shape index (κ2) is 3.21. The van der Waals surface area contributed by atoms with E-state index in [9.17, 15) is 14.4 Å². The van der Waals surface area contributed by atoms with Crippen LogP contribution < -0.4 is 11.3 Å². The molecule has 7 nitrogen and oxygen atoms in total. The van der Waals surface area contributed by atoms with Crippen molar-refractivity contribution in [1.29, 1.82) is 0 Å². The topological polar surface area (TPSA) is 133 Å². The first-order valence-corrected chi connectivity index (χ1v) is 3.43. The molecule has 0 aliphatic carbocycles. The summed E-state index contributed by atoms with van der Waals surface area (Å²) >= 11 is 0. The van der Waals surface area contributed by atoms with E-state index in [2.05, 4.69) is 0 Å². The molecule has 0 aromatic carbocycles. The molecular weight excluding hydrogens is 192 g/mol. The van der Waals surface area contributed by atoms with Gasteiger partial charge in [-0.15, -0.1) is 0 Å². The fourth-order valence-corrected chi connectivity index (χ4v) is 0.867. The minimum absolute atomic E-state index is 0.514. The van der Waals surface area contributed by atoms with Gasteiger partial charge >= 0.3 is 5.97 Å². The van der Waals surface area contributed by atoms with E-state index in [0.717, 1.165) is 6.07 Å². The molecule has 0 atom stereocenters. The van der Waals surface area contributed by atoms with E-state index >= 15 is 0 Å². The van der Waals surface area contributed by atoms with E-state index in [1.54, 1.807) is 4.98 Å². The summed E-state index contributed by atoms with van der Waals surface area (Å²) in [6.07, 6.45) is 0. The number of hydrogen-bond donors (Lipinski definition) is 4. The van der Waals surface area contributed by atoms with Crippen molar-refractivity contribution in [2.45, 2.75) is 0 Å². The maximum absolute atomic E-state index is 10.9. The van der Waals surface area contributed by atoms with Gasteiger partial charge in [-0.1, -0.05) is 0 Å². The van der Waals surface area contributed by atoms with Crippen molar-refractivity contribution in [3.8, 4) is 5.88 Å². The highest BCUT2D eigenvalue weighted by atomic mass is 16.4. The van der Waals surface area contributed by atoms with Gasteiger partial charge in [0.05, 0.1) is 0 Å². The standard InChI is InChI=1S/C7H6N2O5/c8-4(10)2-1-3(7(13)14)6(12)9-5(2)11/h1H,(H2,8,10)(H,13,14)(H2,9,11,12). The second-order valence-corrected chi connectivity index (χ2v) is 2.44. The molecule has 0 aliphatic heterocycles. The number of rotatable bonds is 2. The van der Waals surface area contributed by atoms with Gasteiger partial charge in [-0.25, -0.2) is 4.79 Å². The van der Waals surface area contributed by atoms with Gasteiger partial charge < -0.3 is 15.9 Å². The van der Waals surface area contributed by atoms with Crippen LogP contribution in [0.1, 0.15) is 20.7 Å². The van der Waals surface area contributed by atoms with Crippen LogP contribution in [0, 0.1) is 0 Å². The minimum Gasteiger partial charge on any atom is -0.494 e. The lowest BCUT2D eigenvalue weighted by Gasteiger charge is -2.00. The number of hydrogen-bond acceptors (Lipinski definition) is 4. The van der Waals surface area contributed by atoms with Crippen molar-refractivity contribution < 1.29 is 19.8 Å². The number of carboxylic acids is 1. The number of carboxylic acid groups (broad SMARTS) is 1. The third kappa shape index (κ3) is 1.56. The van der Waals surface area contributed by atoms with E-state index in [4.69, 9.17) is 15.9 Å². The highest BCUT2D eigenvalue weighted by Crippen LogP contribution is 2.11. The number of nitrogens with two attached hydrogens (primary N) is 1. The maximum atomic E-state index is 10.9. The van der Waals surface area contributed by atoms with Crippen LogP contribution in [0.4, 0.5) is 0 Å². The van der Waals surface area contributed by atoms with E-state index < -0.39 is 34.4 Å². The molecule has 1 rings (SSSR count). The molecule has 14 heavy (non-hydrogen) atoms. The summed E-state index contributed by atoms with van der Waals surface area (Å²) in [6.45, 7) is 0. The highest BCUT2D eigenvalue weighted by molar-refractivity contribution is 5.97. The number of aromatic amines is 1. The molecule has 1 aromatic rings. The quantitative estimate of drug-likeness (QED) is 0.477. The molecule has 0 aliphatic rings. The Hall–Kier alpha value is -2.31. The van der Waals surface area contributed by atoms with E-state index in [-0.39, 0.29) is 0 Å². The molecule has 1 aromatic heterocycles. The van der Waals surface area contributed by atoms with E-state index in [0.29, 0.717) is 0 Å². The van der Waals surface area contributed by atoms with Gasteiger partial charge in [-0.05, 0) is 6.07 Å². The monoisotopic (exact) mass is 198 g/mol. The summed E-state index contributed by atoms with van der Waals surface area (Å²) in [4.78, 5) is 33.8. The van der Waals surface area contributed by atoms with Gasteiger partial charge in [-0.3, -0.25) is 14.6 Å². The van der Waals surface area contributed by atoms with Crippen LogP contribution in [0.15, 0.2) is 10.9 Å². The van der Waals surface area contributed by atoms with Gasteiger partial charge in [0.15, 0.2) is 0 Å². The number of aromatic hydroxyl groups is 1. The lowest BCUT2D eigenvalue weighted by Crippen LogP contribution is -2.24. The fraction of sp³-hybridized carbons (Fsp3) is 0. The van der Waals surface area contributed by atoms with Crippen LogP contribution in [0.5, 0.6) is 5.88 Å². The average Bonchev–Trinajstić information content (AvgIpc) is 2.02. The molecule has 0 radical (unpaired) electrons. The Morgan fingerprint density at radius 1 is 1.36 bits per heavy atom. The molecule has 1 amide bonds. The Labute approximate surface area is 76.8 Å². The van der Waals surface area contributed by atoms with Crippen LogP contribution in [0.2, 0.25) is 0 Å². The molecule has 74 valence electrons. The summed E-state index contributed by atoms with van der Waals surface area (Å²) in [5.74, 6) is -3.34. The number of carbonyl (C=O) groups excluding carboxylic acids is 1. The second-order valence-electron chi connectivity index (χ2n) is 2.44. The molecular formula is C7H6N2O5. The van der Waals surface area contributed by atoms with E-state index in [1.165, 1.54) is 0 Å². The van der Waals surface area contributed by atoms with Crippen LogP contribution >= 0.6 is 0 Å². The third-order valence-corrected chi connectivity index (χ3v) is 1.52. The molecule has 7 heteroatoms.